The fourth-order valence-electron chi connectivity index (χ4n) is 4.05. The largest absolute Gasteiger partial charge is 0.281 e. The number of carbonyl (C=O) groups is 2. The lowest BCUT2D eigenvalue weighted by atomic mass is 9.80. The van der Waals surface area contributed by atoms with Crippen LogP contribution in [0.5, 0.6) is 0 Å². The number of piperidine rings is 1. The number of nitrogens with zero attached hydrogens (tertiary/aromatic N) is 1. The highest BCUT2D eigenvalue weighted by Crippen LogP contribution is 2.63. The van der Waals surface area contributed by atoms with Crippen LogP contribution in [0.15, 0.2) is 0 Å². The van der Waals surface area contributed by atoms with Gasteiger partial charge in [-0.3, -0.25) is 14.5 Å². The quantitative estimate of drug-likeness (QED) is 0.579. The third kappa shape index (κ3) is 2.30. The second kappa shape index (κ2) is 5.36. The molecule has 1 aliphatic heterocycles. The minimum Gasteiger partial charge on any atom is -0.281 e. The lowest BCUT2D eigenvalue weighted by molar-refractivity contribution is -0.145. The molecule has 1 aliphatic carbocycles. The molecule has 2 unspecified atom stereocenters. The summed E-state index contributed by atoms with van der Waals surface area (Å²) in [6, 6.07) is 0. The molecule has 114 valence electrons. The third-order valence-corrected chi connectivity index (χ3v) is 5.95. The van der Waals surface area contributed by atoms with E-state index in [1.165, 1.54) is 0 Å². The molecule has 3 nitrogen and oxygen atoms in total. The van der Waals surface area contributed by atoms with Gasteiger partial charge < -0.3 is 0 Å². The number of amides is 2. The second-order valence-corrected chi connectivity index (χ2v) is 7.51. The van der Waals surface area contributed by atoms with Crippen LogP contribution in [-0.2, 0) is 9.59 Å². The van der Waals surface area contributed by atoms with E-state index < -0.39 is 0 Å². The topological polar surface area (TPSA) is 37.4 Å². The zero-order chi connectivity index (χ0) is 15.1. The summed E-state index contributed by atoms with van der Waals surface area (Å²) in [6.45, 7) is 8.93. The number of rotatable bonds is 7. The van der Waals surface area contributed by atoms with Gasteiger partial charge in [-0.05, 0) is 29.4 Å². The molecule has 0 N–H and O–H groups in total. The molecule has 2 rings (SSSR count). The maximum Gasteiger partial charge on any atom is 0.233 e. The summed E-state index contributed by atoms with van der Waals surface area (Å²) in [4.78, 5) is 26.5. The third-order valence-electron chi connectivity index (χ3n) is 5.28. The molecule has 0 aromatic heterocycles. The molecule has 1 saturated heterocycles. The number of imide groups is 1. The Hall–Kier alpha value is -0.510. The van der Waals surface area contributed by atoms with Crippen LogP contribution >= 0.6 is 12.6 Å². The Bertz CT molecular complexity index is 389. The Balaban J connectivity index is 2.13. The molecule has 1 saturated carbocycles. The zero-order valence-corrected chi connectivity index (χ0v) is 14.0. The van der Waals surface area contributed by atoms with E-state index in [1.807, 2.05) is 13.8 Å². The average Bonchev–Trinajstić information content (AvgIpc) is 2.87. The van der Waals surface area contributed by atoms with E-state index >= 15 is 0 Å². The van der Waals surface area contributed by atoms with Crippen molar-refractivity contribution in [3.8, 4) is 0 Å². The number of hydrogen-bond acceptors (Lipinski definition) is 3. The van der Waals surface area contributed by atoms with E-state index in [9.17, 15) is 9.59 Å². The van der Waals surface area contributed by atoms with Crippen molar-refractivity contribution in [1.29, 1.82) is 0 Å². The van der Waals surface area contributed by atoms with Crippen molar-refractivity contribution in [2.24, 2.45) is 22.7 Å². The Morgan fingerprint density at radius 2 is 1.55 bits per heavy atom. The minimum atomic E-state index is -0.107. The number of carbonyl (C=O) groups excluding carboxylic acids is 2. The lowest BCUT2D eigenvalue weighted by Crippen LogP contribution is -2.45. The van der Waals surface area contributed by atoms with Gasteiger partial charge >= 0.3 is 0 Å². The van der Waals surface area contributed by atoms with Crippen molar-refractivity contribution in [3.63, 3.8) is 0 Å². The average molecular weight is 297 g/mol. The highest BCUT2D eigenvalue weighted by Gasteiger charge is 2.72. The predicted molar refractivity (Wildman–Crippen MR) is 83.6 cm³/mol. The highest BCUT2D eigenvalue weighted by molar-refractivity contribution is 7.80. The molecule has 1 heterocycles. The number of fused-ring (bicyclic) bond motifs is 1. The monoisotopic (exact) mass is 297 g/mol. The lowest BCUT2D eigenvalue weighted by Gasteiger charge is -2.36. The summed E-state index contributed by atoms with van der Waals surface area (Å²) in [5, 5.41) is 0. The van der Waals surface area contributed by atoms with Crippen LogP contribution in [0, 0.1) is 22.7 Å². The summed E-state index contributed by atoms with van der Waals surface area (Å²) in [6.07, 6.45) is 4.19. The molecule has 0 aromatic rings. The maximum atomic E-state index is 12.5. The van der Waals surface area contributed by atoms with E-state index in [4.69, 9.17) is 0 Å². The van der Waals surface area contributed by atoms with Crippen molar-refractivity contribution >= 4 is 24.4 Å². The molecule has 2 amide bonds. The van der Waals surface area contributed by atoms with Gasteiger partial charge in [-0.1, -0.05) is 40.5 Å². The van der Waals surface area contributed by atoms with Crippen molar-refractivity contribution < 1.29 is 9.59 Å². The van der Waals surface area contributed by atoms with E-state index in [-0.39, 0.29) is 34.5 Å². The SMILES string of the molecule is CCCC(CS)(CCC)CN1C(=O)C2C(C1=O)C2(C)C. The normalized spacial score (nSPS) is 27.9. The van der Waals surface area contributed by atoms with Gasteiger partial charge in [-0.15, -0.1) is 0 Å². The smallest absolute Gasteiger partial charge is 0.233 e. The van der Waals surface area contributed by atoms with Crippen LogP contribution in [0.1, 0.15) is 53.4 Å². The number of thiol groups is 1. The van der Waals surface area contributed by atoms with Crippen molar-refractivity contribution in [3.05, 3.63) is 0 Å². The van der Waals surface area contributed by atoms with Gasteiger partial charge in [0.2, 0.25) is 11.8 Å². The Labute approximate surface area is 127 Å². The number of hydrogen-bond donors (Lipinski definition) is 1. The molecule has 0 radical (unpaired) electrons. The molecule has 0 bridgehead atoms. The van der Waals surface area contributed by atoms with Gasteiger partial charge in [-0.2, -0.15) is 12.6 Å². The molecule has 20 heavy (non-hydrogen) atoms. The molecule has 4 heteroatoms. The van der Waals surface area contributed by atoms with Gasteiger partial charge in [0.05, 0.1) is 11.8 Å². The first-order chi connectivity index (χ1) is 9.34. The van der Waals surface area contributed by atoms with Gasteiger partial charge in [0.1, 0.15) is 0 Å². The molecule has 2 aliphatic rings. The van der Waals surface area contributed by atoms with Crippen LogP contribution in [-0.4, -0.2) is 29.0 Å². The van der Waals surface area contributed by atoms with Crippen LogP contribution in [0.4, 0.5) is 0 Å². The molecule has 2 fully saturated rings. The Morgan fingerprint density at radius 3 is 1.90 bits per heavy atom. The van der Waals surface area contributed by atoms with E-state index in [1.54, 1.807) is 4.90 Å². The van der Waals surface area contributed by atoms with Crippen molar-refractivity contribution in [2.45, 2.75) is 53.4 Å². The summed E-state index contributed by atoms with van der Waals surface area (Å²) in [5.41, 5.74) is -0.108. The van der Waals surface area contributed by atoms with E-state index in [0.717, 1.165) is 31.4 Å². The van der Waals surface area contributed by atoms with Gasteiger partial charge in [0.25, 0.3) is 0 Å². The Kier molecular flexibility index (Phi) is 4.25. The summed E-state index contributed by atoms with van der Waals surface area (Å²) >= 11 is 4.52. The maximum absolute atomic E-state index is 12.5. The fourth-order valence-corrected chi connectivity index (χ4v) is 4.46. The van der Waals surface area contributed by atoms with Crippen LogP contribution < -0.4 is 0 Å². The van der Waals surface area contributed by atoms with Gasteiger partial charge in [0.15, 0.2) is 0 Å². The molecule has 2 atom stereocenters. The summed E-state index contributed by atoms with van der Waals surface area (Å²) in [7, 11) is 0. The minimum absolute atomic E-state index is 0.00114. The van der Waals surface area contributed by atoms with Gasteiger partial charge in [0, 0.05) is 6.54 Å². The second-order valence-electron chi connectivity index (χ2n) is 7.20. The van der Waals surface area contributed by atoms with E-state index in [2.05, 4.69) is 26.5 Å². The summed E-state index contributed by atoms with van der Waals surface area (Å²) in [5.74, 6) is 0.739. The fraction of sp³-hybridized carbons (Fsp3) is 0.875. The van der Waals surface area contributed by atoms with Crippen LogP contribution in [0.2, 0.25) is 0 Å². The number of likely N-dealkylation sites (tertiary alicyclic amines) is 1. The first kappa shape index (κ1) is 15.9. The Morgan fingerprint density at radius 1 is 1.10 bits per heavy atom. The van der Waals surface area contributed by atoms with E-state index in [0.29, 0.717) is 6.54 Å². The standard InChI is InChI=1S/C16H27NO2S/c1-5-7-16(10-20,8-6-2)9-17-13(18)11-12(14(17)19)15(11,3)4/h11-12,20H,5-10H2,1-4H3. The first-order valence-corrected chi connectivity index (χ1v) is 8.44. The molecular weight excluding hydrogens is 270 g/mol. The first-order valence-electron chi connectivity index (χ1n) is 7.80. The zero-order valence-electron chi connectivity index (χ0n) is 13.1. The summed E-state index contributed by atoms with van der Waals surface area (Å²) < 4.78 is 0. The molecule has 0 spiro atoms. The van der Waals surface area contributed by atoms with Crippen LogP contribution in [0.3, 0.4) is 0 Å². The highest BCUT2D eigenvalue weighted by atomic mass is 32.1. The predicted octanol–water partition coefficient (Wildman–Crippen LogP) is 3.14. The van der Waals surface area contributed by atoms with Crippen molar-refractivity contribution in [1.82, 2.24) is 4.90 Å². The van der Waals surface area contributed by atoms with Crippen LogP contribution in [0.25, 0.3) is 0 Å². The molecular formula is C16H27NO2S. The van der Waals surface area contributed by atoms with Crippen molar-refractivity contribution in [2.75, 3.05) is 12.3 Å². The molecule has 0 aromatic carbocycles. The van der Waals surface area contributed by atoms with Gasteiger partial charge in [-0.25, -0.2) is 0 Å².